The molecule has 0 spiro atoms. The lowest BCUT2D eigenvalue weighted by Crippen LogP contribution is -2.33. The van der Waals surface area contributed by atoms with E-state index in [4.69, 9.17) is 4.74 Å². The standard InChI is InChI=1S/C15H24N2O/c1-4-14(16-2)13-7-5-6-8-15(13)17(3)12-9-10-18-11-12/h5-8,12,14,16H,4,9-11H2,1-3H3. The van der Waals surface area contributed by atoms with Gasteiger partial charge in [0.25, 0.3) is 0 Å². The summed E-state index contributed by atoms with van der Waals surface area (Å²) < 4.78 is 5.50. The Morgan fingerprint density at radius 3 is 2.83 bits per heavy atom. The van der Waals surface area contributed by atoms with Gasteiger partial charge in [-0.25, -0.2) is 0 Å². The molecule has 3 heteroatoms. The number of likely N-dealkylation sites (N-methyl/N-ethyl adjacent to an activating group) is 1. The molecule has 1 aromatic carbocycles. The first-order chi connectivity index (χ1) is 8.77. The average molecular weight is 248 g/mol. The summed E-state index contributed by atoms with van der Waals surface area (Å²) in [5.41, 5.74) is 2.71. The van der Waals surface area contributed by atoms with Crippen molar-refractivity contribution >= 4 is 5.69 Å². The predicted octanol–water partition coefficient (Wildman–Crippen LogP) is 2.58. The summed E-state index contributed by atoms with van der Waals surface area (Å²) in [4.78, 5) is 2.38. The number of hydrogen-bond acceptors (Lipinski definition) is 3. The van der Waals surface area contributed by atoms with Crippen LogP contribution in [0, 0.1) is 0 Å². The number of anilines is 1. The van der Waals surface area contributed by atoms with Crippen LogP contribution in [-0.2, 0) is 4.74 Å². The molecule has 3 nitrogen and oxygen atoms in total. The van der Waals surface area contributed by atoms with Crippen molar-refractivity contribution in [1.82, 2.24) is 5.32 Å². The zero-order valence-electron chi connectivity index (χ0n) is 11.6. The van der Waals surface area contributed by atoms with Crippen LogP contribution >= 0.6 is 0 Å². The third kappa shape index (κ3) is 2.68. The Morgan fingerprint density at radius 1 is 1.44 bits per heavy atom. The van der Waals surface area contributed by atoms with Gasteiger partial charge in [-0.2, -0.15) is 0 Å². The minimum Gasteiger partial charge on any atom is -0.379 e. The van der Waals surface area contributed by atoms with Crippen molar-refractivity contribution in [3.8, 4) is 0 Å². The van der Waals surface area contributed by atoms with Gasteiger partial charge < -0.3 is 15.0 Å². The molecule has 0 aromatic heterocycles. The Morgan fingerprint density at radius 2 is 2.22 bits per heavy atom. The molecule has 0 radical (unpaired) electrons. The van der Waals surface area contributed by atoms with Gasteiger partial charge in [-0.1, -0.05) is 25.1 Å². The third-order valence-corrected chi connectivity index (χ3v) is 3.90. The van der Waals surface area contributed by atoms with Gasteiger partial charge in [-0.3, -0.25) is 0 Å². The van der Waals surface area contributed by atoms with E-state index in [0.29, 0.717) is 12.1 Å². The topological polar surface area (TPSA) is 24.5 Å². The maximum Gasteiger partial charge on any atom is 0.0670 e. The molecule has 2 unspecified atom stereocenters. The van der Waals surface area contributed by atoms with Crippen molar-refractivity contribution in [3.63, 3.8) is 0 Å². The fraction of sp³-hybridized carbons (Fsp3) is 0.600. The fourth-order valence-electron chi connectivity index (χ4n) is 2.71. The summed E-state index contributed by atoms with van der Waals surface area (Å²) in [5.74, 6) is 0. The smallest absolute Gasteiger partial charge is 0.0670 e. The van der Waals surface area contributed by atoms with Crippen LogP contribution in [0.4, 0.5) is 5.69 Å². The molecule has 0 saturated carbocycles. The monoisotopic (exact) mass is 248 g/mol. The van der Waals surface area contributed by atoms with Crippen LogP contribution < -0.4 is 10.2 Å². The van der Waals surface area contributed by atoms with Gasteiger partial charge >= 0.3 is 0 Å². The molecule has 1 heterocycles. The lowest BCUT2D eigenvalue weighted by Gasteiger charge is -2.30. The molecular weight excluding hydrogens is 224 g/mol. The molecule has 1 aliphatic rings. The Kier molecular flexibility index (Phi) is 4.61. The van der Waals surface area contributed by atoms with Gasteiger partial charge in [0.05, 0.1) is 12.6 Å². The van der Waals surface area contributed by atoms with Crippen LogP contribution in [0.1, 0.15) is 31.4 Å². The van der Waals surface area contributed by atoms with Crippen LogP contribution in [0.15, 0.2) is 24.3 Å². The van der Waals surface area contributed by atoms with Crippen molar-refractivity contribution in [2.24, 2.45) is 0 Å². The third-order valence-electron chi connectivity index (χ3n) is 3.90. The molecule has 0 aliphatic carbocycles. The Bertz CT molecular complexity index is 371. The molecule has 1 fully saturated rings. The van der Waals surface area contributed by atoms with Crippen LogP contribution in [0.5, 0.6) is 0 Å². The number of ether oxygens (including phenoxy) is 1. The highest BCUT2D eigenvalue weighted by molar-refractivity contribution is 5.55. The van der Waals surface area contributed by atoms with Gasteiger partial charge in [0.15, 0.2) is 0 Å². The molecular formula is C15H24N2O. The summed E-state index contributed by atoms with van der Waals surface area (Å²) in [7, 11) is 4.21. The van der Waals surface area contributed by atoms with Crippen LogP contribution in [0.3, 0.4) is 0 Å². The fourth-order valence-corrected chi connectivity index (χ4v) is 2.71. The molecule has 18 heavy (non-hydrogen) atoms. The van der Waals surface area contributed by atoms with E-state index >= 15 is 0 Å². The van der Waals surface area contributed by atoms with Crippen molar-refractivity contribution in [3.05, 3.63) is 29.8 Å². The number of nitrogens with zero attached hydrogens (tertiary/aromatic N) is 1. The molecule has 1 N–H and O–H groups in total. The van der Waals surface area contributed by atoms with Gasteiger partial charge in [0.2, 0.25) is 0 Å². The second kappa shape index (κ2) is 6.21. The maximum atomic E-state index is 5.50. The normalized spacial score (nSPS) is 20.9. The largest absolute Gasteiger partial charge is 0.379 e. The Balaban J connectivity index is 2.25. The summed E-state index contributed by atoms with van der Waals surface area (Å²) in [5, 5.41) is 3.40. The lowest BCUT2D eigenvalue weighted by atomic mass is 10.0. The van der Waals surface area contributed by atoms with E-state index in [2.05, 4.69) is 48.5 Å². The highest BCUT2D eigenvalue weighted by atomic mass is 16.5. The molecule has 0 bridgehead atoms. The van der Waals surface area contributed by atoms with E-state index in [1.165, 1.54) is 11.3 Å². The SMILES string of the molecule is CCC(NC)c1ccccc1N(C)C1CCOC1. The maximum absolute atomic E-state index is 5.50. The minimum absolute atomic E-state index is 0.422. The van der Waals surface area contributed by atoms with Gasteiger partial charge in [0, 0.05) is 25.4 Å². The van der Waals surface area contributed by atoms with Gasteiger partial charge in [0.1, 0.15) is 0 Å². The van der Waals surface area contributed by atoms with E-state index in [1.807, 2.05) is 7.05 Å². The number of rotatable bonds is 5. The first-order valence-electron chi connectivity index (χ1n) is 6.84. The van der Waals surface area contributed by atoms with Crippen molar-refractivity contribution in [2.75, 3.05) is 32.2 Å². The van der Waals surface area contributed by atoms with E-state index in [9.17, 15) is 0 Å². The molecule has 2 rings (SSSR count). The predicted molar refractivity (Wildman–Crippen MR) is 76.2 cm³/mol. The number of benzene rings is 1. The molecule has 1 aromatic rings. The molecule has 1 saturated heterocycles. The van der Waals surface area contributed by atoms with E-state index < -0.39 is 0 Å². The van der Waals surface area contributed by atoms with E-state index in [1.54, 1.807) is 0 Å². The van der Waals surface area contributed by atoms with Crippen molar-refractivity contribution in [2.45, 2.75) is 31.8 Å². The summed E-state index contributed by atoms with van der Waals surface area (Å²) in [6, 6.07) is 9.62. The Labute approximate surface area is 110 Å². The molecule has 1 aliphatic heterocycles. The van der Waals surface area contributed by atoms with E-state index in [0.717, 1.165) is 26.1 Å². The number of para-hydroxylation sites is 1. The second-order valence-electron chi connectivity index (χ2n) is 4.94. The highest BCUT2D eigenvalue weighted by Crippen LogP contribution is 2.29. The molecule has 0 amide bonds. The minimum atomic E-state index is 0.422. The number of hydrogen-bond donors (Lipinski definition) is 1. The Hall–Kier alpha value is -1.06. The zero-order chi connectivity index (χ0) is 13.0. The average Bonchev–Trinajstić information content (AvgIpc) is 2.94. The molecule has 100 valence electrons. The van der Waals surface area contributed by atoms with Crippen LogP contribution in [-0.4, -0.2) is 33.4 Å². The van der Waals surface area contributed by atoms with Gasteiger partial charge in [-0.15, -0.1) is 0 Å². The van der Waals surface area contributed by atoms with Crippen LogP contribution in [0.25, 0.3) is 0 Å². The summed E-state index contributed by atoms with van der Waals surface area (Å²) in [6.45, 7) is 3.96. The van der Waals surface area contributed by atoms with Crippen LogP contribution in [0.2, 0.25) is 0 Å². The lowest BCUT2D eigenvalue weighted by molar-refractivity contribution is 0.193. The van der Waals surface area contributed by atoms with Crippen molar-refractivity contribution in [1.29, 1.82) is 0 Å². The first-order valence-corrected chi connectivity index (χ1v) is 6.84. The quantitative estimate of drug-likeness (QED) is 0.867. The summed E-state index contributed by atoms with van der Waals surface area (Å²) in [6.07, 6.45) is 2.23. The summed E-state index contributed by atoms with van der Waals surface area (Å²) >= 11 is 0. The van der Waals surface area contributed by atoms with Crippen molar-refractivity contribution < 1.29 is 4.74 Å². The van der Waals surface area contributed by atoms with Gasteiger partial charge in [-0.05, 0) is 31.5 Å². The first kappa shape index (κ1) is 13.4. The zero-order valence-corrected chi connectivity index (χ0v) is 11.6. The number of nitrogens with one attached hydrogen (secondary N) is 1. The highest BCUT2D eigenvalue weighted by Gasteiger charge is 2.23. The second-order valence-corrected chi connectivity index (χ2v) is 4.94. The van der Waals surface area contributed by atoms with E-state index in [-0.39, 0.29) is 0 Å². The molecule has 2 atom stereocenters.